The maximum absolute atomic E-state index is 6.23. The van der Waals surface area contributed by atoms with Gasteiger partial charge in [-0.15, -0.1) is 0 Å². The summed E-state index contributed by atoms with van der Waals surface area (Å²) >= 11 is 0. The lowest BCUT2D eigenvalue weighted by Gasteiger charge is -2.46. The molecule has 0 unspecified atom stereocenters. The minimum atomic E-state index is -0.197. The molecule has 1 saturated heterocycles. The molecule has 2 aliphatic rings. The second kappa shape index (κ2) is 6.52. The predicted octanol–water partition coefficient (Wildman–Crippen LogP) is 4.59. The number of para-hydroxylation sites is 1. The normalized spacial score (nSPS) is 24.7. The van der Waals surface area contributed by atoms with Crippen LogP contribution in [0, 0.1) is 0 Å². The molecule has 4 heterocycles. The Kier molecular flexibility index (Phi) is 4.06. The van der Waals surface area contributed by atoms with Crippen molar-refractivity contribution in [1.29, 1.82) is 0 Å². The van der Waals surface area contributed by atoms with Gasteiger partial charge in [0.15, 0.2) is 0 Å². The summed E-state index contributed by atoms with van der Waals surface area (Å²) in [6.45, 7) is 7.19. The molecule has 0 aliphatic carbocycles. The van der Waals surface area contributed by atoms with E-state index in [2.05, 4.69) is 41.0 Å². The fourth-order valence-electron chi connectivity index (χ4n) is 4.41. The van der Waals surface area contributed by atoms with Gasteiger partial charge in [0.25, 0.3) is 0 Å². The smallest absolute Gasteiger partial charge is 0.229 e. The van der Waals surface area contributed by atoms with Crippen molar-refractivity contribution in [1.82, 2.24) is 15.0 Å². The number of nitrogens with one attached hydrogen (secondary N) is 1. The molecular formula is C23H25N5O. The first-order valence-electron chi connectivity index (χ1n) is 10.0. The summed E-state index contributed by atoms with van der Waals surface area (Å²) in [6.07, 6.45) is 4.67. The molecule has 0 saturated carbocycles. The van der Waals surface area contributed by atoms with E-state index in [1.54, 1.807) is 0 Å². The number of fused-ring (bicyclic) bond motifs is 3. The first kappa shape index (κ1) is 18.1. The zero-order chi connectivity index (χ0) is 20.1. The second-order valence-electron chi connectivity index (χ2n) is 8.67. The molecule has 148 valence electrons. The molecule has 2 aromatic heterocycles. The van der Waals surface area contributed by atoms with Gasteiger partial charge in [0.1, 0.15) is 11.6 Å². The molecule has 1 N–H and O–H groups in total. The Balaban J connectivity index is 1.61. The van der Waals surface area contributed by atoms with Gasteiger partial charge in [0, 0.05) is 29.1 Å². The van der Waals surface area contributed by atoms with Gasteiger partial charge in [-0.1, -0.05) is 31.2 Å². The number of hydrogen-bond acceptors (Lipinski definition) is 6. The Morgan fingerprint density at radius 3 is 2.59 bits per heavy atom. The van der Waals surface area contributed by atoms with Crippen LogP contribution in [0.1, 0.15) is 32.8 Å². The van der Waals surface area contributed by atoms with Gasteiger partial charge < -0.3 is 15.0 Å². The maximum atomic E-state index is 6.23. The molecule has 2 atom stereocenters. The number of rotatable bonds is 3. The highest BCUT2D eigenvalue weighted by Gasteiger charge is 2.55. The number of ether oxygens (including phenoxy) is 1. The van der Waals surface area contributed by atoms with Crippen molar-refractivity contribution in [2.24, 2.45) is 0 Å². The van der Waals surface area contributed by atoms with E-state index >= 15 is 0 Å². The van der Waals surface area contributed by atoms with E-state index in [4.69, 9.17) is 9.72 Å². The standard InChI is InChI=1S/C23H25N5O/c1-22(2)13-18-23(3,15-29-22)17-14-25-21(26-16-9-5-4-6-10-16)27-20(17)28(18)19-11-7-8-12-24-19/h4-12,14,18H,13,15H2,1-3H3,(H,25,26,27)/t18-,23-/m1/s1. The van der Waals surface area contributed by atoms with Crippen LogP contribution in [0.4, 0.5) is 23.3 Å². The first-order chi connectivity index (χ1) is 14.0. The molecular weight excluding hydrogens is 362 g/mol. The van der Waals surface area contributed by atoms with Crippen LogP contribution in [0.3, 0.4) is 0 Å². The molecule has 0 spiro atoms. The molecule has 6 heteroatoms. The fourth-order valence-corrected chi connectivity index (χ4v) is 4.41. The van der Waals surface area contributed by atoms with Crippen LogP contribution >= 0.6 is 0 Å². The van der Waals surface area contributed by atoms with Gasteiger partial charge in [-0.2, -0.15) is 4.98 Å². The van der Waals surface area contributed by atoms with Gasteiger partial charge in [-0.25, -0.2) is 9.97 Å². The maximum Gasteiger partial charge on any atom is 0.229 e. The van der Waals surface area contributed by atoms with Gasteiger partial charge in [-0.05, 0) is 44.5 Å². The predicted molar refractivity (Wildman–Crippen MR) is 114 cm³/mol. The Morgan fingerprint density at radius 1 is 1.03 bits per heavy atom. The SMILES string of the molecule is CC1(C)C[C@H]2N(c3ccccn3)c3nc(Nc4ccccc4)ncc3[C@@]2(C)CO1. The molecule has 2 aliphatic heterocycles. The van der Waals surface area contributed by atoms with E-state index in [1.807, 2.05) is 60.9 Å². The quantitative estimate of drug-likeness (QED) is 0.709. The van der Waals surface area contributed by atoms with Gasteiger partial charge in [0.2, 0.25) is 5.95 Å². The van der Waals surface area contributed by atoms with Crippen LogP contribution in [-0.4, -0.2) is 33.2 Å². The third kappa shape index (κ3) is 3.04. The molecule has 0 radical (unpaired) electrons. The van der Waals surface area contributed by atoms with Crippen LogP contribution in [0.2, 0.25) is 0 Å². The minimum absolute atomic E-state index is 0.187. The summed E-state index contributed by atoms with van der Waals surface area (Å²) in [5, 5.41) is 3.32. The molecule has 5 rings (SSSR count). The van der Waals surface area contributed by atoms with Crippen molar-refractivity contribution in [3.8, 4) is 0 Å². The lowest BCUT2D eigenvalue weighted by molar-refractivity contribution is -0.0893. The highest BCUT2D eigenvalue weighted by Crippen LogP contribution is 2.52. The van der Waals surface area contributed by atoms with Crippen LogP contribution < -0.4 is 10.2 Å². The molecule has 1 fully saturated rings. The number of pyridine rings is 1. The van der Waals surface area contributed by atoms with Crippen molar-refractivity contribution in [2.75, 3.05) is 16.8 Å². The van der Waals surface area contributed by atoms with Crippen LogP contribution in [0.15, 0.2) is 60.9 Å². The summed E-state index contributed by atoms with van der Waals surface area (Å²) in [4.78, 5) is 16.5. The number of anilines is 4. The fraction of sp³-hybridized carbons (Fsp3) is 0.348. The Labute approximate surface area is 171 Å². The zero-order valence-electron chi connectivity index (χ0n) is 17.0. The van der Waals surface area contributed by atoms with Gasteiger partial charge >= 0.3 is 0 Å². The number of benzene rings is 1. The largest absolute Gasteiger partial charge is 0.374 e. The number of nitrogens with zero attached hydrogens (tertiary/aromatic N) is 4. The lowest BCUT2D eigenvalue weighted by Crippen LogP contribution is -2.54. The first-order valence-corrected chi connectivity index (χ1v) is 10.0. The Bertz CT molecular complexity index is 1020. The minimum Gasteiger partial charge on any atom is -0.374 e. The van der Waals surface area contributed by atoms with Crippen molar-refractivity contribution in [3.63, 3.8) is 0 Å². The van der Waals surface area contributed by atoms with E-state index < -0.39 is 0 Å². The van der Waals surface area contributed by atoms with E-state index in [9.17, 15) is 0 Å². The lowest BCUT2D eigenvalue weighted by atomic mass is 9.73. The van der Waals surface area contributed by atoms with E-state index in [0.29, 0.717) is 12.6 Å². The van der Waals surface area contributed by atoms with Crippen molar-refractivity contribution in [2.45, 2.75) is 44.2 Å². The zero-order valence-corrected chi connectivity index (χ0v) is 17.0. The van der Waals surface area contributed by atoms with E-state index in [1.165, 1.54) is 0 Å². The van der Waals surface area contributed by atoms with E-state index in [-0.39, 0.29) is 17.1 Å². The number of aromatic nitrogens is 3. The van der Waals surface area contributed by atoms with Crippen LogP contribution in [-0.2, 0) is 10.2 Å². The third-order valence-corrected chi connectivity index (χ3v) is 6.03. The summed E-state index contributed by atoms with van der Waals surface area (Å²) in [7, 11) is 0. The van der Waals surface area contributed by atoms with Gasteiger partial charge in [-0.3, -0.25) is 0 Å². The van der Waals surface area contributed by atoms with Crippen molar-refractivity contribution < 1.29 is 4.74 Å². The Hall–Kier alpha value is -2.99. The number of hydrogen-bond donors (Lipinski definition) is 1. The van der Waals surface area contributed by atoms with Crippen molar-refractivity contribution >= 4 is 23.3 Å². The molecule has 0 amide bonds. The van der Waals surface area contributed by atoms with Gasteiger partial charge in [0.05, 0.1) is 18.2 Å². The van der Waals surface area contributed by atoms with E-state index in [0.717, 1.165) is 29.3 Å². The Morgan fingerprint density at radius 2 is 1.83 bits per heavy atom. The summed E-state index contributed by atoms with van der Waals surface area (Å²) in [5.41, 5.74) is 1.69. The monoisotopic (exact) mass is 387 g/mol. The topological polar surface area (TPSA) is 63.2 Å². The highest BCUT2D eigenvalue weighted by molar-refractivity contribution is 5.70. The summed E-state index contributed by atoms with van der Waals surface area (Å²) in [6, 6.07) is 16.2. The van der Waals surface area contributed by atoms with Crippen molar-refractivity contribution in [3.05, 3.63) is 66.5 Å². The third-order valence-electron chi connectivity index (χ3n) is 6.03. The highest BCUT2D eigenvalue weighted by atomic mass is 16.5. The molecule has 29 heavy (non-hydrogen) atoms. The summed E-state index contributed by atoms with van der Waals surface area (Å²) in [5.74, 6) is 2.40. The van der Waals surface area contributed by atoms with Crippen LogP contribution in [0.5, 0.6) is 0 Å². The molecule has 0 bridgehead atoms. The van der Waals surface area contributed by atoms with Crippen LogP contribution in [0.25, 0.3) is 0 Å². The molecule has 6 nitrogen and oxygen atoms in total. The molecule has 1 aromatic carbocycles. The molecule has 3 aromatic rings. The second-order valence-corrected chi connectivity index (χ2v) is 8.67. The average Bonchev–Trinajstić information content (AvgIpc) is 2.96. The average molecular weight is 387 g/mol. The summed E-state index contributed by atoms with van der Waals surface area (Å²) < 4.78 is 6.23.